The van der Waals surface area contributed by atoms with E-state index in [0.717, 1.165) is 29.8 Å². The summed E-state index contributed by atoms with van der Waals surface area (Å²) in [5.41, 5.74) is 5.21. The molecular formula is C21H25ClN4O2S. The number of nitrogens with one attached hydrogen (secondary N) is 2. The van der Waals surface area contributed by atoms with Crippen LogP contribution in [0.3, 0.4) is 0 Å². The SMILES string of the molecule is CCCc1n[nH]c(=S)n1NCc1cccc(OCC)c1OCc1ccccc1Cl. The molecule has 6 nitrogen and oxygen atoms in total. The number of benzene rings is 2. The summed E-state index contributed by atoms with van der Waals surface area (Å²) in [5, 5.41) is 7.80. The summed E-state index contributed by atoms with van der Waals surface area (Å²) in [5.74, 6) is 2.26. The van der Waals surface area contributed by atoms with E-state index < -0.39 is 0 Å². The van der Waals surface area contributed by atoms with E-state index in [0.29, 0.717) is 41.1 Å². The lowest BCUT2D eigenvalue weighted by Crippen LogP contribution is -2.18. The number of nitrogens with zero attached hydrogens (tertiary/aromatic N) is 2. The number of para-hydroxylation sites is 1. The molecule has 3 aromatic rings. The Bertz CT molecular complexity index is 1000. The molecular weight excluding hydrogens is 408 g/mol. The second-order valence-corrected chi connectivity index (χ2v) is 7.22. The van der Waals surface area contributed by atoms with Gasteiger partial charge in [0.2, 0.25) is 4.77 Å². The predicted octanol–water partition coefficient (Wildman–Crippen LogP) is 5.27. The fourth-order valence-corrected chi connectivity index (χ4v) is 3.35. The fourth-order valence-electron chi connectivity index (χ4n) is 2.95. The Balaban J connectivity index is 1.83. The lowest BCUT2D eigenvalue weighted by atomic mass is 10.2. The van der Waals surface area contributed by atoms with E-state index in [9.17, 15) is 0 Å². The average molecular weight is 433 g/mol. The standard InChI is InChI=1S/C21H25ClN4O2S/c1-3-8-19-24-25-21(29)26(19)23-13-15-10-7-12-18(27-4-2)20(15)28-14-16-9-5-6-11-17(16)22/h5-7,9-12,23H,3-4,8,13-14H2,1-2H3,(H,25,29). The van der Waals surface area contributed by atoms with Gasteiger partial charge in [0, 0.05) is 22.6 Å². The molecule has 0 aliphatic heterocycles. The number of aromatic amines is 1. The maximum atomic E-state index is 6.28. The molecule has 2 aromatic carbocycles. The molecule has 3 rings (SSSR count). The van der Waals surface area contributed by atoms with Crippen LogP contribution in [-0.4, -0.2) is 21.5 Å². The van der Waals surface area contributed by atoms with Gasteiger partial charge in [0.25, 0.3) is 0 Å². The Morgan fingerprint density at radius 3 is 2.66 bits per heavy atom. The summed E-state index contributed by atoms with van der Waals surface area (Å²) in [7, 11) is 0. The predicted molar refractivity (Wildman–Crippen MR) is 118 cm³/mol. The third-order valence-corrected chi connectivity index (χ3v) is 4.98. The fraction of sp³-hybridized carbons (Fsp3) is 0.333. The van der Waals surface area contributed by atoms with Gasteiger partial charge in [0.1, 0.15) is 6.61 Å². The van der Waals surface area contributed by atoms with Gasteiger partial charge in [-0.1, -0.05) is 48.9 Å². The topological polar surface area (TPSA) is 64.1 Å². The summed E-state index contributed by atoms with van der Waals surface area (Å²) >= 11 is 11.6. The lowest BCUT2D eigenvalue weighted by molar-refractivity contribution is 0.267. The molecule has 0 amide bonds. The number of ether oxygens (including phenoxy) is 2. The Kier molecular flexibility index (Phi) is 7.55. The second kappa shape index (κ2) is 10.3. The maximum Gasteiger partial charge on any atom is 0.214 e. The van der Waals surface area contributed by atoms with E-state index in [2.05, 4.69) is 22.5 Å². The summed E-state index contributed by atoms with van der Waals surface area (Å²) in [6.45, 7) is 5.46. The van der Waals surface area contributed by atoms with Crippen LogP contribution in [0.1, 0.15) is 37.2 Å². The Hall–Kier alpha value is -2.51. The number of hydrogen-bond donors (Lipinski definition) is 2. The quantitative estimate of drug-likeness (QED) is 0.427. The van der Waals surface area contributed by atoms with Crippen molar-refractivity contribution >= 4 is 23.8 Å². The van der Waals surface area contributed by atoms with Gasteiger partial charge in [-0.3, -0.25) is 5.10 Å². The largest absolute Gasteiger partial charge is 0.490 e. The molecule has 0 aliphatic rings. The van der Waals surface area contributed by atoms with Crippen molar-refractivity contribution in [1.29, 1.82) is 0 Å². The van der Waals surface area contributed by atoms with Gasteiger partial charge in [-0.05, 0) is 37.7 Å². The molecule has 1 aromatic heterocycles. The van der Waals surface area contributed by atoms with Crippen molar-refractivity contribution in [3.05, 3.63) is 69.2 Å². The summed E-state index contributed by atoms with van der Waals surface area (Å²) in [6.07, 6.45) is 1.81. The molecule has 0 unspecified atom stereocenters. The summed E-state index contributed by atoms with van der Waals surface area (Å²) in [6, 6.07) is 13.5. The molecule has 1 heterocycles. The average Bonchev–Trinajstić information content (AvgIpc) is 3.06. The molecule has 0 aliphatic carbocycles. The van der Waals surface area contributed by atoms with Gasteiger partial charge < -0.3 is 14.9 Å². The van der Waals surface area contributed by atoms with E-state index in [4.69, 9.17) is 33.3 Å². The van der Waals surface area contributed by atoms with E-state index in [1.54, 1.807) is 0 Å². The molecule has 0 spiro atoms. The van der Waals surface area contributed by atoms with Crippen LogP contribution in [-0.2, 0) is 19.6 Å². The normalized spacial score (nSPS) is 10.7. The molecule has 0 radical (unpaired) electrons. The number of rotatable bonds is 10. The lowest BCUT2D eigenvalue weighted by Gasteiger charge is -2.17. The third-order valence-electron chi connectivity index (χ3n) is 4.33. The molecule has 2 N–H and O–H groups in total. The van der Waals surface area contributed by atoms with Crippen LogP contribution in [0.15, 0.2) is 42.5 Å². The van der Waals surface area contributed by atoms with Crippen LogP contribution in [0.5, 0.6) is 11.5 Å². The maximum absolute atomic E-state index is 6.28. The minimum absolute atomic E-state index is 0.350. The molecule has 0 bridgehead atoms. The van der Waals surface area contributed by atoms with Crippen LogP contribution in [0.25, 0.3) is 0 Å². The van der Waals surface area contributed by atoms with Gasteiger partial charge in [0.05, 0.1) is 13.2 Å². The van der Waals surface area contributed by atoms with E-state index in [1.165, 1.54) is 0 Å². The van der Waals surface area contributed by atoms with Gasteiger partial charge in [-0.25, -0.2) is 4.68 Å². The van der Waals surface area contributed by atoms with Crippen molar-refractivity contribution in [2.24, 2.45) is 0 Å². The molecule has 0 fully saturated rings. The van der Waals surface area contributed by atoms with Crippen molar-refractivity contribution < 1.29 is 9.47 Å². The van der Waals surface area contributed by atoms with Crippen LogP contribution in [0.4, 0.5) is 0 Å². The van der Waals surface area contributed by atoms with E-state index in [1.807, 2.05) is 54.1 Å². The molecule has 29 heavy (non-hydrogen) atoms. The van der Waals surface area contributed by atoms with Crippen molar-refractivity contribution in [2.75, 3.05) is 12.0 Å². The Morgan fingerprint density at radius 1 is 1.10 bits per heavy atom. The second-order valence-electron chi connectivity index (χ2n) is 6.42. The molecule has 0 saturated heterocycles. The summed E-state index contributed by atoms with van der Waals surface area (Å²) in [4.78, 5) is 0. The van der Waals surface area contributed by atoms with Crippen LogP contribution < -0.4 is 14.9 Å². The van der Waals surface area contributed by atoms with Crippen molar-refractivity contribution in [2.45, 2.75) is 39.8 Å². The van der Waals surface area contributed by atoms with Crippen molar-refractivity contribution in [3.8, 4) is 11.5 Å². The zero-order valence-corrected chi connectivity index (χ0v) is 18.1. The van der Waals surface area contributed by atoms with Crippen molar-refractivity contribution in [1.82, 2.24) is 14.9 Å². The Morgan fingerprint density at radius 2 is 1.90 bits per heavy atom. The molecule has 0 atom stereocenters. The molecule has 8 heteroatoms. The number of hydrogen-bond acceptors (Lipinski definition) is 5. The highest BCUT2D eigenvalue weighted by Crippen LogP contribution is 2.33. The van der Waals surface area contributed by atoms with Crippen molar-refractivity contribution in [3.63, 3.8) is 0 Å². The minimum Gasteiger partial charge on any atom is -0.490 e. The van der Waals surface area contributed by atoms with E-state index >= 15 is 0 Å². The smallest absolute Gasteiger partial charge is 0.214 e. The minimum atomic E-state index is 0.350. The summed E-state index contributed by atoms with van der Waals surface area (Å²) < 4.78 is 14.3. The first-order valence-electron chi connectivity index (χ1n) is 9.65. The van der Waals surface area contributed by atoms with Gasteiger partial charge in [-0.2, -0.15) is 5.10 Å². The van der Waals surface area contributed by atoms with Crippen LogP contribution in [0, 0.1) is 4.77 Å². The highest BCUT2D eigenvalue weighted by Gasteiger charge is 2.13. The van der Waals surface area contributed by atoms with E-state index in [-0.39, 0.29) is 0 Å². The van der Waals surface area contributed by atoms with Gasteiger partial charge in [-0.15, -0.1) is 0 Å². The van der Waals surface area contributed by atoms with Gasteiger partial charge >= 0.3 is 0 Å². The monoisotopic (exact) mass is 432 g/mol. The first-order chi connectivity index (χ1) is 14.1. The highest BCUT2D eigenvalue weighted by atomic mass is 35.5. The third kappa shape index (κ3) is 5.31. The zero-order chi connectivity index (χ0) is 20.6. The Labute approximate surface area is 180 Å². The van der Waals surface area contributed by atoms with Crippen LogP contribution in [0.2, 0.25) is 5.02 Å². The highest BCUT2D eigenvalue weighted by molar-refractivity contribution is 7.71. The zero-order valence-electron chi connectivity index (χ0n) is 16.6. The number of H-pyrrole nitrogens is 1. The van der Waals surface area contributed by atoms with Gasteiger partial charge in [0.15, 0.2) is 17.3 Å². The molecule has 154 valence electrons. The number of aryl methyl sites for hydroxylation is 1. The molecule has 0 saturated carbocycles. The number of halogens is 1. The number of aromatic nitrogens is 3. The first-order valence-corrected chi connectivity index (χ1v) is 10.4. The van der Waals surface area contributed by atoms with Crippen LogP contribution >= 0.6 is 23.8 Å². The first kappa shape index (κ1) is 21.2.